The van der Waals surface area contributed by atoms with Gasteiger partial charge in [0.25, 0.3) is 5.91 Å². The number of likely N-dealkylation sites (tertiary alicyclic amines) is 1. The molecular weight excluding hydrogens is 531 g/mol. The molecule has 0 radical (unpaired) electrons. The number of aliphatic hydroxyl groups excluding tert-OH is 1. The number of benzene rings is 1. The summed E-state index contributed by atoms with van der Waals surface area (Å²) in [5.74, 6) is -0.462. The van der Waals surface area contributed by atoms with Crippen LogP contribution in [0.3, 0.4) is 0 Å². The summed E-state index contributed by atoms with van der Waals surface area (Å²) in [4.78, 5) is 34.6. The number of aliphatic hydroxyl groups is 1. The molecule has 8 nitrogen and oxygen atoms in total. The van der Waals surface area contributed by atoms with Crippen molar-refractivity contribution in [3.05, 3.63) is 53.3 Å². The van der Waals surface area contributed by atoms with Gasteiger partial charge in [-0.2, -0.15) is 18.4 Å². The number of thiocarbonyl (C=S) groups is 1. The summed E-state index contributed by atoms with van der Waals surface area (Å²) in [6.07, 6.45) is -0.840. The third-order valence-electron chi connectivity index (χ3n) is 7.06. The molecule has 2 fully saturated rings. The quantitative estimate of drug-likeness (QED) is 0.530. The molecular formula is C27H28F3N5O3S. The minimum Gasteiger partial charge on any atom is -0.393 e. The number of rotatable bonds is 6. The summed E-state index contributed by atoms with van der Waals surface area (Å²) in [7, 11) is 0. The van der Waals surface area contributed by atoms with Gasteiger partial charge in [-0.1, -0.05) is 0 Å². The van der Waals surface area contributed by atoms with Crippen LogP contribution in [0.2, 0.25) is 0 Å². The van der Waals surface area contributed by atoms with Crippen LogP contribution in [0, 0.1) is 11.3 Å². The summed E-state index contributed by atoms with van der Waals surface area (Å²) < 4.78 is 40.6. The molecule has 0 aliphatic carbocycles. The smallest absolute Gasteiger partial charge is 0.393 e. The zero-order chi connectivity index (χ0) is 28.5. The van der Waals surface area contributed by atoms with Crippen LogP contribution >= 0.6 is 12.2 Å². The number of nitriles is 1. The number of alkyl halides is 3. The van der Waals surface area contributed by atoms with Gasteiger partial charge in [-0.3, -0.25) is 19.5 Å². The van der Waals surface area contributed by atoms with Gasteiger partial charge >= 0.3 is 6.18 Å². The van der Waals surface area contributed by atoms with Crippen molar-refractivity contribution in [2.45, 2.75) is 63.8 Å². The number of pyridine rings is 1. The average Bonchev–Trinajstić information content (AvgIpc) is 3.07. The van der Waals surface area contributed by atoms with Gasteiger partial charge in [0.1, 0.15) is 5.54 Å². The highest BCUT2D eigenvalue weighted by atomic mass is 32.1. The zero-order valence-electron chi connectivity index (χ0n) is 21.5. The van der Waals surface area contributed by atoms with Crippen molar-refractivity contribution >= 4 is 40.5 Å². The van der Waals surface area contributed by atoms with E-state index in [9.17, 15) is 27.9 Å². The van der Waals surface area contributed by atoms with E-state index in [-0.39, 0.29) is 22.8 Å². The lowest BCUT2D eigenvalue weighted by atomic mass is 10.0. The van der Waals surface area contributed by atoms with Crippen molar-refractivity contribution in [3.8, 4) is 6.07 Å². The van der Waals surface area contributed by atoms with E-state index in [1.807, 2.05) is 0 Å². The first-order valence-electron chi connectivity index (χ1n) is 12.6. The first-order valence-corrected chi connectivity index (χ1v) is 13.0. The Morgan fingerprint density at radius 1 is 1.21 bits per heavy atom. The molecule has 4 rings (SSSR count). The van der Waals surface area contributed by atoms with E-state index < -0.39 is 28.7 Å². The Balaban J connectivity index is 1.47. The maximum atomic E-state index is 13.5. The van der Waals surface area contributed by atoms with Crippen LogP contribution in [0.1, 0.15) is 56.4 Å². The molecule has 0 atom stereocenters. The Kier molecular flexibility index (Phi) is 7.95. The third kappa shape index (κ3) is 5.74. The van der Waals surface area contributed by atoms with Gasteiger partial charge in [0.05, 0.1) is 40.9 Å². The van der Waals surface area contributed by atoms with E-state index >= 15 is 0 Å². The Morgan fingerprint density at radius 2 is 1.87 bits per heavy atom. The second kappa shape index (κ2) is 10.9. The maximum Gasteiger partial charge on any atom is 0.417 e. The van der Waals surface area contributed by atoms with Crippen molar-refractivity contribution < 1.29 is 27.9 Å². The van der Waals surface area contributed by atoms with Gasteiger partial charge in [0.15, 0.2) is 5.11 Å². The number of halogens is 3. The van der Waals surface area contributed by atoms with Crippen LogP contribution < -0.4 is 9.80 Å². The Morgan fingerprint density at radius 3 is 2.46 bits per heavy atom. The first-order chi connectivity index (χ1) is 18.3. The van der Waals surface area contributed by atoms with Gasteiger partial charge in [-0.25, -0.2) is 0 Å². The van der Waals surface area contributed by atoms with Crippen molar-refractivity contribution in [2.75, 3.05) is 22.9 Å². The lowest BCUT2D eigenvalue weighted by Crippen LogP contribution is -2.44. The van der Waals surface area contributed by atoms with E-state index in [1.165, 1.54) is 12.1 Å². The Hall–Kier alpha value is -3.56. The monoisotopic (exact) mass is 559 g/mol. The highest BCUT2D eigenvalue weighted by Crippen LogP contribution is 2.39. The number of piperidine rings is 1. The summed E-state index contributed by atoms with van der Waals surface area (Å²) in [6.45, 7) is 4.37. The fourth-order valence-electron chi connectivity index (χ4n) is 4.85. The van der Waals surface area contributed by atoms with E-state index in [0.717, 1.165) is 22.7 Å². The van der Waals surface area contributed by atoms with Crippen LogP contribution in [0.5, 0.6) is 0 Å². The van der Waals surface area contributed by atoms with Crippen molar-refractivity contribution in [1.29, 1.82) is 5.26 Å². The molecule has 1 N–H and O–H groups in total. The van der Waals surface area contributed by atoms with Crippen molar-refractivity contribution in [2.24, 2.45) is 0 Å². The van der Waals surface area contributed by atoms with Crippen LogP contribution in [0.25, 0.3) is 0 Å². The summed E-state index contributed by atoms with van der Waals surface area (Å²) >= 11 is 5.55. The number of hydrogen-bond acceptors (Lipinski definition) is 6. The Bertz CT molecular complexity index is 1320. The number of amides is 2. The van der Waals surface area contributed by atoms with E-state index in [2.05, 4.69) is 4.98 Å². The predicted octanol–water partition coefficient (Wildman–Crippen LogP) is 4.19. The van der Waals surface area contributed by atoms with Crippen LogP contribution in [-0.2, 0) is 22.2 Å². The number of aryl methyl sites for hydroxylation is 1. The minimum atomic E-state index is -4.78. The molecule has 0 unspecified atom stereocenters. The SMILES string of the molecule is CC1(C)C(=O)N(c2ccc(C#N)c(C(F)(F)F)c2)C(=S)N1c1ccc(CCCC(=O)N2CCC(O)CC2)nc1. The second-order valence-electron chi connectivity index (χ2n) is 10.1. The van der Waals surface area contributed by atoms with E-state index in [1.54, 1.807) is 42.0 Å². The van der Waals surface area contributed by atoms with Gasteiger partial charge in [0, 0.05) is 25.2 Å². The largest absolute Gasteiger partial charge is 0.417 e. The number of anilines is 2. The number of carbonyl (C=O) groups excluding carboxylic acids is 2. The molecule has 12 heteroatoms. The molecule has 39 heavy (non-hydrogen) atoms. The second-order valence-corrected chi connectivity index (χ2v) is 10.5. The first kappa shape index (κ1) is 28.4. The van der Waals surface area contributed by atoms with Crippen LogP contribution in [0.4, 0.5) is 24.5 Å². The molecule has 2 amide bonds. The Labute approximate surface area is 229 Å². The topological polar surface area (TPSA) is 101 Å². The van der Waals surface area contributed by atoms with Gasteiger partial charge in [0.2, 0.25) is 5.91 Å². The van der Waals surface area contributed by atoms with Crippen LogP contribution in [-0.4, -0.2) is 56.6 Å². The number of carbonyl (C=O) groups is 2. The minimum absolute atomic E-state index is 0.00497. The predicted molar refractivity (Wildman–Crippen MR) is 142 cm³/mol. The van der Waals surface area contributed by atoms with Crippen molar-refractivity contribution in [1.82, 2.24) is 9.88 Å². The number of aromatic nitrogens is 1. The van der Waals surface area contributed by atoms with Gasteiger partial charge in [-0.05, 0) is 82.1 Å². The molecule has 2 aliphatic heterocycles. The molecule has 2 aromatic rings. The van der Waals surface area contributed by atoms with E-state index in [0.29, 0.717) is 50.9 Å². The molecule has 1 aromatic heterocycles. The summed E-state index contributed by atoms with van der Waals surface area (Å²) in [6, 6.07) is 8.10. The summed E-state index contributed by atoms with van der Waals surface area (Å²) in [5, 5.41) is 18.7. The third-order valence-corrected chi connectivity index (χ3v) is 7.43. The highest BCUT2D eigenvalue weighted by Gasteiger charge is 2.50. The molecule has 2 aliphatic rings. The average molecular weight is 560 g/mol. The van der Waals surface area contributed by atoms with E-state index in [4.69, 9.17) is 17.5 Å². The van der Waals surface area contributed by atoms with Crippen molar-refractivity contribution in [3.63, 3.8) is 0 Å². The van der Waals surface area contributed by atoms with Crippen LogP contribution in [0.15, 0.2) is 36.5 Å². The highest BCUT2D eigenvalue weighted by molar-refractivity contribution is 7.81. The molecule has 0 saturated carbocycles. The lowest BCUT2D eigenvalue weighted by Gasteiger charge is -2.29. The molecule has 2 saturated heterocycles. The molecule has 3 heterocycles. The van der Waals surface area contributed by atoms with Gasteiger partial charge < -0.3 is 14.9 Å². The lowest BCUT2D eigenvalue weighted by molar-refractivity contribution is -0.138. The number of hydrogen-bond donors (Lipinski definition) is 1. The summed E-state index contributed by atoms with van der Waals surface area (Å²) in [5.41, 5.74) is -1.73. The normalized spacial score (nSPS) is 18.0. The molecule has 1 aromatic carbocycles. The fraction of sp³-hybridized carbons (Fsp3) is 0.444. The molecule has 206 valence electrons. The number of nitrogens with zero attached hydrogens (tertiary/aromatic N) is 5. The molecule has 0 bridgehead atoms. The fourth-order valence-corrected chi connectivity index (χ4v) is 5.37. The van der Waals surface area contributed by atoms with Gasteiger partial charge in [-0.15, -0.1) is 0 Å². The zero-order valence-corrected chi connectivity index (χ0v) is 22.3. The standard InChI is InChI=1S/C27H28F3N5O3S/c1-26(2)24(38)34(19-8-6-17(15-31)22(14-19)27(28,29)30)25(39)35(26)20-9-7-18(32-16-20)4-3-5-23(37)33-12-10-21(36)11-13-33/h6-9,14,16,21,36H,3-5,10-13H2,1-2H3. The maximum absolute atomic E-state index is 13.5. The molecule has 0 spiro atoms.